The minimum absolute atomic E-state index is 0.180. The van der Waals surface area contributed by atoms with Gasteiger partial charge in [-0.2, -0.15) is 0 Å². The molecule has 0 aromatic heterocycles. The Morgan fingerprint density at radius 3 is 2.52 bits per heavy atom. The molecule has 1 aliphatic rings. The summed E-state index contributed by atoms with van der Waals surface area (Å²) in [5.41, 5.74) is 2.54. The second-order valence-corrected chi connectivity index (χ2v) is 8.75. The molecular weight excluding hydrogens is 508 g/mol. The van der Waals surface area contributed by atoms with Crippen molar-refractivity contribution in [2.45, 2.75) is 13.5 Å². The van der Waals surface area contributed by atoms with E-state index in [1.54, 1.807) is 54.6 Å². The Morgan fingerprint density at radius 1 is 1.03 bits per heavy atom. The largest absolute Gasteiger partial charge is 0.488 e. The van der Waals surface area contributed by atoms with E-state index in [2.05, 4.69) is 21.2 Å². The highest BCUT2D eigenvalue weighted by molar-refractivity contribution is 9.10. The standard InChI is InChI=1S/C25H18BrClN2O4/c1-15-5-8-20(9-6-15)29-24(31)21(23(30)28-25(29)32)13-17-12-18(26)7-10-22(17)33-14-16-3-2-4-19(27)11-16/h2-13H,14H2,1H3,(H,28,30,32)/b21-13+. The summed E-state index contributed by atoms with van der Waals surface area (Å²) in [5, 5.41) is 2.83. The lowest BCUT2D eigenvalue weighted by atomic mass is 10.1. The number of amides is 4. The molecule has 1 fully saturated rings. The lowest BCUT2D eigenvalue weighted by Crippen LogP contribution is -2.54. The number of nitrogens with one attached hydrogen (secondary N) is 1. The summed E-state index contributed by atoms with van der Waals surface area (Å²) in [4.78, 5) is 39.1. The van der Waals surface area contributed by atoms with E-state index in [1.807, 2.05) is 19.1 Å². The Balaban J connectivity index is 1.67. The number of halogens is 2. The van der Waals surface area contributed by atoms with Crippen molar-refractivity contribution in [3.8, 4) is 5.75 Å². The van der Waals surface area contributed by atoms with Crippen LogP contribution >= 0.6 is 27.5 Å². The highest BCUT2D eigenvalue weighted by Gasteiger charge is 2.37. The van der Waals surface area contributed by atoms with Gasteiger partial charge in [0, 0.05) is 15.1 Å². The second kappa shape index (κ2) is 9.60. The number of anilines is 1. The number of benzene rings is 3. The van der Waals surface area contributed by atoms with E-state index in [4.69, 9.17) is 16.3 Å². The minimum atomic E-state index is -0.794. The lowest BCUT2D eigenvalue weighted by molar-refractivity contribution is -0.122. The topological polar surface area (TPSA) is 75.7 Å². The Kier molecular flexibility index (Phi) is 6.62. The van der Waals surface area contributed by atoms with Gasteiger partial charge >= 0.3 is 6.03 Å². The van der Waals surface area contributed by atoms with Crippen LogP contribution in [0.2, 0.25) is 5.02 Å². The second-order valence-electron chi connectivity index (χ2n) is 7.39. The average Bonchev–Trinajstić information content (AvgIpc) is 2.77. The number of nitrogens with zero attached hydrogens (tertiary/aromatic N) is 1. The van der Waals surface area contributed by atoms with Crippen molar-refractivity contribution in [3.63, 3.8) is 0 Å². The lowest BCUT2D eigenvalue weighted by Gasteiger charge is -2.26. The molecule has 0 spiro atoms. The van der Waals surface area contributed by atoms with Gasteiger partial charge in [-0.05, 0) is 61.0 Å². The molecule has 0 radical (unpaired) electrons. The third kappa shape index (κ3) is 5.16. The van der Waals surface area contributed by atoms with Gasteiger partial charge in [0.25, 0.3) is 11.8 Å². The monoisotopic (exact) mass is 524 g/mol. The first-order valence-corrected chi connectivity index (χ1v) is 11.1. The smallest absolute Gasteiger partial charge is 0.335 e. The van der Waals surface area contributed by atoms with Crippen molar-refractivity contribution in [1.82, 2.24) is 5.32 Å². The normalized spacial score (nSPS) is 15.1. The molecule has 0 atom stereocenters. The molecule has 4 rings (SSSR count). The summed E-state index contributed by atoms with van der Waals surface area (Å²) in [7, 11) is 0. The molecule has 1 saturated heterocycles. The van der Waals surface area contributed by atoms with Gasteiger partial charge in [-0.1, -0.05) is 57.4 Å². The molecule has 0 saturated carbocycles. The van der Waals surface area contributed by atoms with Gasteiger partial charge in [0.2, 0.25) is 0 Å². The van der Waals surface area contributed by atoms with Crippen LogP contribution in [0.4, 0.5) is 10.5 Å². The van der Waals surface area contributed by atoms with Crippen molar-refractivity contribution in [2.24, 2.45) is 0 Å². The predicted molar refractivity (Wildman–Crippen MR) is 130 cm³/mol. The first-order chi connectivity index (χ1) is 15.8. The number of carbonyl (C=O) groups is 3. The van der Waals surface area contributed by atoms with Crippen molar-refractivity contribution in [3.05, 3.63) is 98.5 Å². The summed E-state index contributed by atoms with van der Waals surface area (Å²) in [5.74, 6) is -1.02. The predicted octanol–water partition coefficient (Wildman–Crippen LogP) is 5.66. The maximum atomic E-state index is 13.2. The molecular formula is C25H18BrClN2O4. The third-order valence-corrected chi connectivity index (χ3v) is 5.68. The first kappa shape index (κ1) is 22.8. The molecule has 3 aromatic carbocycles. The molecule has 3 aromatic rings. The zero-order valence-electron chi connectivity index (χ0n) is 17.5. The summed E-state index contributed by atoms with van der Waals surface area (Å²) in [6.07, 6.45) is 1.42. The molecule has 0 aliphatic carbocycles. The number of carbonyl (C=O) groups excluding carboxylic acids is 3. The van der Waals surface area contributed by atoms with Crippen LogP contribution in [-0.4, -0.2) is 17.8 Å². The molecule has 1 heterocycles. The summed E-state index contributed by atoms with van der Waals surface area (Å²) < 4.78 is 6.68. The summed E-state index contributed by atoms with van der Waals surface area (Å²) in [6.45, 7) is 2.14. The van der Waals surface area contributed by atoms with E-state index >= 15 is 0 Å². The molecule has 6 nitrogen and oxygen atoms in total. The van der Waals surface area contributed by atoms with Crippen molar-refractivity contribution in [1.29, 1.82) is 0 Å². The van der Waals surface area contributed by atoms with Crippen LogP contribution in [-0.2, 0) is 16.2 Å². The quantitative estimate of drug-likeness (QED) is 0.345. The van der Waals surface area contributed by atoms with E-state index in [0.717, 1.165) is 20.5 Å². The fourth-order valence-electron chi connectivity index (χ4n) is 3.29. The maximum Gasteiger partial charge on any atom is 0.335 e. The van der Waals surface area contributed by atoms with Crippen LogP contribution in [0.25, 0.3) is 6.08 Å². The zero-order valence-corrected chi connectivity index (χ0v) is 19.8. The molecule has 1 aliphatic heterocycles. The highest BCUT2D eigenvalue weighted by atomic mass is 79.9. The van der Waals surface area contributed by atoms with Crippen LogP contribution in [0.15, 0.2) is 76.8 Å². The number of barbiturate groups is 1. The van der Waals surface area contributed by atoms with E-state index in [1.165, 1.54) is 6.08 Å². The minimum Gasteiger partial charge on any atom is -0.488 e. The number of rotatable bonds is 5. The molecule has 166 valence electrons. The average molecular weight is 526 g/mol. The Hall–Kier alpha value is -3.42. The van der Waals surface area contributed by atoms with E-state index in [0.29, 0.717) is 22.0 Å². The summed E-state index contributed by atoms with van der Waals surface area (Å²) in [6, 6.07) is 18.6. The molecule has 4 amide bonds. The number of hydrogen-bond donors (Lipinski definition) is 1. The molecule has 8 heteroatoms. The van der Waals surface area contributed by atoms with Crippen LogP contribution in [0, 0.1) is 6.92 Å². The Morgan fingerprint density at radius 2 is 1.79 bits per heavy atom. The van der Waals surface area contributed by atoms with Gasteiger partial charge in [0.15, 0.2) is 0 Å². The van der Waals surface area contributed by atoms with Gasteiger partial charge in [-0.25, -0.2) is 9.69 Å². The van der Waals surface area contributed by atoms with E-state index < -0.39 is 17.8 Å². The Labute approximate surface area is 203 Å². The van der Waals surface area contributed by atoms with Gasteiger partial charge in [0.05, 0.1) is 5.69 Å². The number of ether oxygens (including phenoxy) is 1. The zero-order chi connectivity index (χ0) is 23.5. The van der Waals surface area contributed by atoms with Crippen LogP contribution in [0.3, 0.4) is 0 Å². The van der Waals surface area contributed by atoms with Crippen molar-refractivity contribution >= 4 is 57.1 Å². The van der Waals surface area contributed by atoms with E-state index in [-0.39, 0.29) is 12.2 Å². The van der Waals surface area contributed by atoms with Crippen LogP contribution in [0.5, 0.6) is 5.75 Å². The van der Waals surface area contributed by atoms with Crippen LogP contribution < -0.4 is 15.0 Å². The van der Waals surface area contributed by atoms with Crippen molar-refractivity contribution < 1.29 is 19.1 Å². The van der Waals surface area contributed by atoms with Gasteiger partial charge in [0.1, 0.15) is 17.9 Å². The Bertz CT molecular complexity index is 1290. The molecule has 0 bridgehead atoms. The van der Waals surface area contributed by atoms with Crippen LogP contribution in [0.1, 0.15) is 16.7 Å². The maximum absolute atomic E-state index is 13.2. The number of hydrogen-bond acceptors (Lipinski definition) is 4. The number of urea groups is 1. The molecule has 0 unspecified atom stereocenters. The molecule has 1 N–H and O–H groups in total. The summed E-state index contributed by atoms with van der Waals surface area (Å²) >= 11 is 9.45. The van der Waals surface area contributed by atoms with Gasteiger partial charge < -0.3 is 4.74 Å². The van der Waals surface area contributed by atoms with E-state index in [9.17, 15) is 14.4 Å². The van der Waals surface area contributed by atoms with Crippen molar-refractivity contribution in [2.75, 3.05) is 4.90 Å². The third-order valence-electron chi connectivity index (χ3n) is 4.95. The fourth-order valence-corrected chi connectivity index (χ4v) is 3.88. The number of aryl methyl sites for hydroxylation is 1. The first-order valence-electron chi connectivity index (χ1n) is 9.97. The van der Waals surface area contributed by atoms with Gasteiger partial charge in [-0.3, -0.25) is 14.9 Å². The highest BCUT2D eigenvalue weighted by Crippen LogP contribution is 2.29. The fraction of sp³-hybridized carbons (Fsp3) is 0.0800. The molecule has 33 heavy (non-hydrogen) atoms. The van der Waals surface area contributed by atoms with Gasteiger partial charge in [-0.15, -0.1) is 0 Å². The number of imide groups is 2. The SMILES string of the molecule is Cc1ccc(N2C(=O)NC(=O)/C(=C\c3cc(Br)ccc3OCc3cccc(Cl)c3)C2=O)cc1.